The molecule has 0 bridgehead atoms. The van der Waals surface area contributed by atoms with E-state index in [9.17, 15) is 0 Å². The molecule has 1 spiro atoms. The Balaban J connectivity index is 2.03. The van der Waals surface area contributed by atoms with Crippen LogP contribution in [0.15, 0.2) is 0 Å². The van der Waals surface area contributed by atoms with Gasteiger partial charge in [-0.1, -0.05) is 19.8 Å². The third-order valence-corrected chi connectivity index (χ3v) is 3.94. The molecule has 0 aromatic carbocycles. The lowest BCUT2D eigenvalue weighted by Gasteiger charge is -2.39. The van der Waals surface area contributed by atoms with Gasteiger partial charge in [-0.15, -0.1) is 0 Å². The molecule has 13 heavy (non-hydrogen) atoms. The van der Waals surface area contributed by atoms with Crippen LogP contribution >= 0.6 is 0 Å². The first-order valence-corrected chi connectivity index (χ1v) is 5.65. The van der Waals surface area contributed by atoms with E-state index < -0.39 is 0 Å². The third kappa shape index (κ3) is 1.62. The largest absolute Gasteiger partial charge is 0.370 e. The highest BCUT2D eigenvalue weighted by molar-refractivity contribution is 4.95. The number of nitrogens with two attached hydrogens (primary N) is 1. The lowest BCUT2D eigenvalue weighted by atomic mass is 9.75. The molecule has 2 fully saturated rings. The standard InChI is InChI=1S/C11H21NO/c1-9-4-2-3-6-11(9)7-5-10(8-12)13-11/h9-10H,2-8,12H2,1H3/t9-,10-,11+/m1/s1. The van der Waals surface area contributed by atoms with Gasteiger partial charge in [0.05, 0.1) is 11.7 Å². The Hall–Kier alpha value is -0.0800. The first kappa shape index (κ1) is 9.47. The second kappa shape index (κ2) is 3.58. The van der Waals surface area contributed by atoms with Crippen molar-refractivity contribution < 1.29 is 4.74 Å². The Morgan fingerprint density at radius 2 is 2.15 bits per heavy atom. The van der Waals surface area contributed by atoms with E-state index in [1.54, 1.807) is 0 Å². The number of hydrogen-bond donors (Lipinski definition) is 1. The fraction of sp³-hybridized carbons (Fsp3) is 1.00. The maximum absolute atomic E-state index is 6.13. The quantitative estimate of drug-likeness (QED) is 0.675. The highest BCUT2D eigenvalue weighted by Crippen LogP contribution is 2.45. The highest BCUT2D eigenvalue weighted by Gasteiger charge is 2.44. The summed E-state index contributed by atoms with van der Waals surface area (Å²) in [4.78, 5) is 0. The van der Waals surface area contributed by atoms with E-state index in [1.807, 2.05) is 0 Å². The molecule has 0 radical (unpaired) electrons. The third-order valence-electron chi connectivity index (χ3n) is 3.94. The summed E-state index contributed by atoms with van der Waals surface area (Å²) in [6.45, 7) is 3.05. The zero-order valence-corrected chi connectivity index (χ0v) is 8.59. The summed E-state index contributed by atoms with van der Waals surface area (Å²) in [6, 6.07) is 0. The van der Waals surface area contributed by atoms with Crippen molar-refractivity contribution in [3.63, 3.8) is 0 Å². The average Bonchev–Trinajstić information content (AvgIpc) is 2.56. The molecule has 1 aliphatic heterocycles. The summed E-state index contributed by atoms with van der Waals surface area (Å²) in [5.74, 6) is 0.748. The maximum Gasteiger partial charge on any atom is 0.0713 e. The summed E-state index contributed by atoms with van der Waals surface area (Å²) >= 11 is 0. The van der Waals surface area contributed by atoms with Crippen LogP contribution in [0.25, 0.3) is 0 Å². The second-order valence-corrected chi connectivity index (χ2v) is 4.73. The molecule has 0 aromatic heterocycles. The van der Waals surface area contributed by atoms with Crippen LogP contribution < -0.4 is 5.73 Å². The molecular weight excluding hydrogens is 162 g/mol. The van der Waals surface area contributed by atoms with Gasteiger partial charge in [0.25, 0.3) is 0 Å². The average molecular weight is 183 g/mol. The normalized spacial score (nSPS) is 45.7. The van der Waals surface area contributed by atoms with Gasteiger partial charge < -0.3 is 10.5 Å². The van der Waals surface area contributed by atoms with Crippen LogP contribution in [0.3, 0.4) is 0 Å². The second-order valence-electron chi connectivity index (χ2n) is 4.73. The molecule has 1 heterocycles. The molecule has 1 saturated carbocycles. The minimum Gasteiger partial charge on any atom is -0.370 e. The zero-order valence-electron chi connectivity index (χ0n) is 8.59. The van der Waals surface area contributed by atoms with Crippen LogP contribution in [0.2, 0.25) is 0 Å². The van der Waals surface area contributed by atoms with Crippen molar-refractivity contribution in [1.82, 2.24) is 0 Å². The Bertz CT molecular complexity index is 183. The van der Waals surface area contributed by atoms with Gasteiger partial charge in [-0.05, 0) is 31.6 Å². The van der Waals surface area contributed by atoms with Crippen LogP contribution in [-0.2, 0) is 4.74 Å². The van der Waals surface area contributed by atoms with E-state index >= 15 is 0 Å². The molecule has 2 heteroatoms. The lowest BCUT2D eigenvalue weighted by Crippen LogP contribution is -2.40. The van der Waals surface area contributed by atoms with Crippen molar-refractivity contribution >= 4 is 0 Å². The summed E-state index contributed by atoms with van der Waals surface area (Å²) in [7, 11) is 0. The summed E-state index contributed by atoms with van der Waals surface area (Å²) in [6.07, 6.45) is 8.13. The predicted molar refractivity (Wildman–Crippen MR) is 53.5 cm³/mol. The van der Waals surface area contributed by atoms with E-state index in [0.29, 0.717) is 12.6 Å². The predicted octanol–water partition coefficient (Wildman–Crippen LogP) is 2.07. The van der Waals surface area contributed by atoms with Crippen LogP contribution in [0.5, 0.6) is 0 Å². The molecule has 1 saturated heterocycles. The van der Waals surface area contributed by atoms with Gasteiger partial charge in [0.2, 0.25) is 0 Å². The Morgan fingerprint density at radius 3 is 2.77 bits per heavy atom. The molecule has 0 aromatic rings. The molecule has 2 aliphatic rings. The highest BCUT2D eigenvalue weighted by atomic mass is 16.5. The van der Waals surface area contributed by atoms with Crippen LogP contribution in [0, 0.1) is 5.92 Å². The number of rotatable bonds is 1. The van der Waals surface area contributed by atoms with Crippen LogP contribution in [0.4, 0.5) is 0 Å². The number of ether oxygens (including phenoxy) is 1. The van der Waals surface area contributed by atoms with Gasteiger partial charge in [-0.3, -0.25) is 0 Å². The summed E-state index contributed by atoms with van der Waals surface area (Å²) in [5, 5.41) is 0. The molecule has 2 rings (SSSR count). The minimum atomic E-state index is 0.224. The monoisotopic (exact) mass is 183 g/mol. The Morgan fingerprint density at radius 1 is 1.31 bits per heavy atom. The van der Waals surface area contributed by atoms with Crippen molar-refractivity contribution in [3.05, 3.63) is 0 Å². The molecule has 0 unspecified atom stereocenters. The van der Waals surface area contributed by atoms with E-state index in [4.69, 9.17) is 10.5 Å². The molecule has 0 amide bonds. The maximum atomic E-state index is 6.13. The fourth-order valence-corrected chi connectivity index (χ4v) is 2.95. The van der Waals surface area contributed by atoms with Gasteiger partial charge in [-0.2, -0.15) is 0 Å². The lowest BCUT2D eigenvalue weighted by molar-refractivity contribution is -0.0922. The van der Waals surface area contributed by atoms with Crippen molar-refractivity contribution in [2.45, 2.75) is 57.2 Å². The number of hydrogen-bond acceptors (Lipinski definition) is 2. The zero-order chi connectivity index (χ0) is 9.31. The van der Waals surface area contributed by atoms with E-state index in [2.05, 4.69) is 6.92 Å². The first-order valence-electron chi connectivity index (χ1n) is 5.65. The van der Waals surface area contributed by atoms with Gasteiger partial charge in [0, 0.05) is 6.54 Å². The summed E-state index contributed by atoms with van der Waals surface area (Å²) in [5.41, 5.74) is 5.87. The van der Waals surface area contributed by atoms with Gasteiger partial charge in [-0.25, -0.2) is 0 Å². The molecular formula is C11H21NO. The van der Waals surface area contributed by atoms with Crippen molar-refractivity contribution in [2.75, 3.05) is 6.54 Å². The van der Waals surface area contributed by atoms with Gasteiger partial charge in [0.15, 0.2) is 0 Å². The Kier molecular flexibility index (Phi) is 2.61. The van der Waals surface area contributed by atoms with Crippen molar-refractivity contribution in [1.29, 1.82) is 0 Å². The van der Waals surface area contributed by atoms with E-state index in [1.165, 1.54) is 38.5 Å². The van der Waals surface area contributed by atoms with E-state index in [-0.39, 0.29) is 5.60 Å². The molecule has 1 aliphatic carbocycles. The van der Waals surface area contributed by atoms with Crippen LogP contribution in [0.1, 0.15) is 45.4 Å². The smallest absolute Gasteiger partial charge is 0.0713 e. The van der Waals surface area contributed by atoms with Crippen molar-refractivity contribution in [2.24, 2.45) is 11.7 Å². The first-order chi connectivity index (χ1) is 6.27. The SMILES string of the molecule is C[C@@H]1CCCC[C@]12CC[C@H](CN)O2. The topological polar surface area (TPSA) is 35.2 Å². The minimum absolute atomic E-state index is 0.224. The van der Waals surface area contributed by atoms with Crippen molar-refractivity contribution in [3.8, 4) is 0 Å². The Labute approximate surface area is 80.8 Å². The fourth-order valence-electron chi connectivity index (χ4n) is 2.95. The molecule has 2 N–H and O–H groups in total. The van der Waals surface area contributed by atoms with Gasteiger partial charge >= 0.3 is 0 Å². The molecule has 3 atom stereocenters. The summed E-state index contributed by atoms with van der Waals surface area (Å²) < 4.78 is 6.13. The molecule has 76 valence electrons. The van der Waals surface area contributed by atoms with Gasteiger partial charge in [0.1, 0.15) is 0 Å². The van der Waals surface area contributed by atoms with E-state index in [0.717, 1.165) is 5.92 Å². The molecule has 2 nitrogen and oxygen atoms in total. The van der Waals surface area contributed by atoms with Crippen LogP contribution in [-0.4, -0.2) is 18.2 Å².